The molecule has 1 saturated heterocycles. The highest BCUT2D eigenvalue weighted by atomic mass is 32.2. The van der Waals surface area contributed by atoms with E-state index in [4.69, 9.17) is 0 Å². The number of hydrogen-bond donors (Lipinski definition) is 0. The highest BCUT2D eigenvalue weighted by Crippen LogP contribution is 2.41. The van der Waals surface area contributed by atoms with Crippen molar-refractivity contribution in [2.24, 2.45) is 0 Å². The summed E-state index contributed by atoms with van der Waals surface area (Å²) in [6, 6.07) is 0. The molecule has 82 valence electrons. The van der Waals surface area contributed by atoms with Crippen molar-refractivity contribution in [1.29, 1.82) is 0 Å². The molecule has 1 aliphatic heterocycles. The number of nitrogens with zero attached hydrogens (tertiary/aromatic N) is 1. The maximum Gasteiger partial charge on any atom is 0.151 e. The standard InChI is InChI=1S/C10H13NO2S2/c12-15(13)4-3-8(6-15)10-11-9(5-14-10)7-1-2-7/h5,7-8H,1-4,6H2. The first kappa shape index (κ1) is 9.78. The zero-order valence-corrected chi connectivity index (χ0v) is 9.98. The normalized spacial score (nSPS) is 29.5. The van der Waals surface area contributed by atoms with Crippen molar-refractivity contribution in [3.05, 3.63) is 16.1 Å². The summed E-state index contributed by atoms with van der Waals surface area (Å²) in [6.07, 6.45) is 3.28. The molecule has 3 nitrogen and oxygen atoms in total. The van der Waals surface area contributed by atoms with E-state index >= 15 is 0 Å². The van der Waals surface area contributed by atoms with Crippen molar-refractivity contribution < 1.29 is 8.42 Å². The Hall–Kier alpha value is -0.420. The monoisotopic (exact) mass is 243 g/mol. The van der Waals surface area contributed by atoms with Gasteiger partial charge in [0.25, 0.3) is 0 Å². The van der Waals surface area contributed by atoms with Gasteiger partial charge in [-0.1, -0.05) is 0 Å². The van der Waals surface area contributed by atoms with Crippen LogP contribution in [0.2, 0.25) is 0 Å². The molecule has 1 aromatic heterocycles. The smallest absolute Gasteiger partial charge is 0.151 e. The first-order valence-electron chi connectivity index (χ1n) is 5.30. The highest BCUT2D eigenvalue weighted by Gasteiger charge is 2.32. The van der Waals surface area contributed by atoms with E-state index in [1.807, 2.05) is 0 Å². The Morgan fingerprint density at radius 1 is 1.27 bits per heavy atom. The van der Waals surface area contributed by atoms with Crippen molar-refractivity contribution in [3.8, 4) is 0 Å². The van der Waals surface area contributed by atoms with E-state index in [0.717, 1.165) is 11.4 Å². The number of rotatable bonds is 2. The lowest BCUT2D eigenvalue weighted by molar-refractivity contribution is 0.601. The molecule has 0 aromatic carbocycles. The second-order valence-electron chi connectivity index (χ2n) is 4.48. The van der Waals surface area contributed by atoms with Crippen LogP contribution in [0, 0.1) is 0 Å². The molecular formula is C10H13NO2S2. The van der Waals surface area contributed by atoms with Gasteiger partial charge in [-0.2, -0.15) is 0 Å². The quantitative estimate of drug-likeness (QED) is 0.797. The number of aromatic nitrogens is 1. The van der Waals surface area contributed by atoms with Gasteiger partial charge in [0.15, 0.2) is 9.84 Å². The fourth-order valence-corrected chi connectivity index (χ4v) is 4.94. The van der Waals surface area contributed by atoms with E-state index in [0.29, 0.717) is 17.4 Å². The largest absolute Gasteiger partial charge is 0.246 e. The second-order valence-corrected chi connectivity index (χ2v) is 7.60. The Labute approximate surface area is 93.5 Å². The molecular weight excluding hydrogens is 230 g/mol. The van der Waals surface area contributed by atoms with Gasteiger partial charge in [0.2, 0.25) is 0 Å². The summed E-state index contributed by atoms with van der Waals surface area (Å²) in [4.78, 5) is 4.57. The van der Waals surface area contributed by atoms with Crippen LogP contribution in [0.1, 0.15) is 41.8 Å². The molecule has 1 saturated carbocycles. The average molecular weight is 243 g/mol. The molecule has 1 aliphatic carbocycles. The van der Waals surface area contributed by atoms with Crippen LogP contribution in [0.15, 0.2) is 5.38 Å². The van der Waals surface area contributed by atoms with Crippen molar-refractivity contribution in [2.45, 2.75) is 31.1 Å². The molecule has 5 heteroatoms. The molecule has 1 unspecified atom stereocenters. The third-order valence-corrected chi connectivity index (χ3v) is 5.91. The van der Waals surface area contributed by atoms with Gasteiger partial charge in [-0.25, -0.2) is 13.4 Å². The SMILES string of the molecule is O=S1(=O)CCC(c2nc(C3CC3)cs2)C1. The van der Waals surface area contributed by atoms with Crippen LogP contribution in [0.25, 0.3) is 0 Å². The van der Waals surface area contributed by atoms with Crippen LogP contribution in [0.3, 0.4) is 0 Å². The molecule has 0 N–H and O–H groups in total. The van der Waals surface area contributed by atoms with E-state index in [2.05, 4.69) is 10.4 Å². The van der Waals surface area contributed by atoms with E-state index < -0.39 is 9.84 Å². The predicted octanol–water partition coefficient (Wildman–Crippen LogP) is 1.92. The predicted molar refractivity (Wildman–Crippen MR) is 60.1 cm³/mol. The van der Waals surface area contributed by atoms with Gasteiger partial charge in [-0.05, 0) is 19.3 Å². The Kier molecular flexibility index (Phi) is 2.14. The second kappa shape index (κ2) is 3.28. The van der Waals surface area contributed by atoms with E-state index in [1.165, 1.54) is 18.5 Å². The lowest BCUT2D eigenvalue weighted by Gasteiger charge is -2.00. The van der Waals surface area contributed by atoms with Gasteiger partial charge in [-0.15, -0.1) is 11.3 Å². The topological polar surface area (TPSA) is 47.0 Å². The Bertz CT molecular complexity index is 473. The zero-order chi connectivity index (χ0) is 10.5. The summed E-state index contributed by atoms with van der Waals surface area (Å²) in [5.41, 5.74) is 1.19. The van der Waals surface area contributed by atoms with Crippen LogP contribution in [0.4, 0.5) is 0 Å². The molecule has 2 fully saturated rings. The van der Waals surface area contributed by atoms with Crippen molar-refractivity contribution in [3.63, 3.8) is 0 Å². The van der Waals surface area contributed by atoms with Crippen molar-refractivity contribution in [2.75, 3.05) is 11.5 Å². The first-order valence-corrected chi connectivity index (χ1v) is 8.00. The minimum atomic E-state index is -2.77. The lowest BCUT2D eigenvalue weighted by Crippen LogP contribution is -2.03. The summed E-state index contributed by atoms with van der Waals surface area (Å²) < 4.78 is 22.7. The Balaban J connectivity index is 1.81. The number of hydrogen-bond acceptors (Lipinski definition) is 4. The molecule has 2 aliphatic rings. The fourth-order valence-electron chi connectivity index (χ4n) is 2.04. The van der Waals surface area contributed by atoms with Gasteiger partial charge < -0.3 is 0 Å². The highest BCUT2D eigenvalue weighted by molar-refractivity contribution is 7.91. The minimum Gasteiger partial charge on any atom is -0.246 e. The molecule has 0 radical (unpaired) electrons. The summed E-state index contributed by atoms with van der Waals surface area (Å²) in [5.74, 6) is 1.50. The Morgan fingerprint density at radius 3 is 2.67 bits per heavy atom. The molecule has 0 bridgehead atoms. The summed E-state index contributed by atoms with van der Waals surface area (Å²) in [7, 11) is -2.77. The average Bonchev–Trinajstić information content (AvgIpc) is 2.79. The molecule has 0 spiro atoms. The zero-order valence-electron chi connectivity index (χ0n) is 8.35. The first-order chi connectivity index (χ1) is 7.14. The third-order valence-electron chi connectivity index (χ3n) is 3.12. The maximum atomic E-state index is 11.3. The van der Waals surface area contributed by atoms with Crippen LogP contribution in [-0.2, 0) is 9.84 Å². The van der Waals surface area contributed by atoms with Gasteiger partial charge in [0.1, 0.15) is 0 Å². The van der Waals surface area contributed by atoms with Gasteiger partial charge >= 0.3 is 0 Å². The van der Waals surface area contributed by atoms with Crippen LogP contribution in [-0.4, -0.2) is 24.9 Å². The van der Waals surface area contributed by atoms with Gasteiger partial charge in [0, 0.05) is 17.2 Å². The number of thiazole rings is 1. The molecule has 1 atom stereocenters. The maximum absolute atomic E-state index is 11.3. The minimum absolute atomic E-state index is 0.174. The lowest BCUT2D eigenvalue weighted by atomic mass is 10.1. The molecule has 0 amide bonds. The third kappa shape index (κ3) is 1.95. The molecule has 1 aromatic rings. The van der Waals surface area contributed by atoms with Crippen LogP contribution in [0.5, 0.6) is 0 Å². The molecule has 15 heavy (non-hydrogen) atoms. The van der Waals surface area contributed by atoms with Crippen LogP contribution < -0.4 is 0 Å². The Morgan fingerprint density at radius 2 is 2.07 bits per heavy atom. The van der Waals surface area contributed by atoms with Crippen molar-refractivity contribution >= 4 is 21.2 Å². The summed E-state index contributed by atoms with van der Waals surface area (Å²) >= 11 is 1.64. The van der Waals surface area contributed by atoms with Gasteiger partial charge in [0.05, 0.1) is 22.2 Å². The van der Waals surface area contributed by atoms with Gasteiger partial charge in [-0.3, -0.25) is 0 Å². The molecule has 3 rings (SSSR count). The number of sulfone groups is 1. The van der Waals surface area contributed by atoms with E-state index in [9.17, 15) is 8.42 Å². The van der Waals surface area contributed by atoms with E-state index in [-0.39, 0.29) is 5.92 Å². The summed E-state index contributed by atoms with van der Waals surface area (Å²) in [5, 5.41) is 3.15. The van der Waals surface area contributed by atoms with Crippen LogP contribution >= 0.6 is 11.3 Å². The van der Waals surface area contributed by atoms with E-state index in [1.54, 1.807) is 11.3 Å². The summed E-state index contributed by atoms with van der Waals surface area (Å²) in [6.45, 7) is 0. The molecule has 2 heterocycles. The fraction of sp³-hybridized carbons (Fsp3) is 0.700. The van der Waals surface area contributed by atoms with Crippen molar-refractivity contribution in [1.82, 2.24) is 4.98 Å².